The molecule has 220 valence electrons. The first kappa shape index (κ1) is 19.9. The second-order valence-corrected chi connectivity index (χ2v) is 11.6. The minimum atomic E-state index is -0.503. The number of fused-ring (bicyclic) bond motifs is 9. The molecule has 0 aliphatic rings. The monoisotopic (exact) mass is 608 g/mol. The zero-order valence-electron chi connectivity index (χ0n) is 31.8. The summed E-state index contributed by atoms with van der Waals surface area (Å²) in [4.78, 5) is 1.77. The van der Waals surface area contributed by atoms with Crippen molar-refractivity contribution in [3.63, 3.8) is 0 Å². The van der Waals surface area contributed by atoms with Crippen LogP contribution in [0, 0.1) is 0 Å². The SMILES string of the molecule is [2H]c1c([2H])c([2H])c2c(N(c3ccc(-c4ccc5oc6ccccc6c5c4)cc3)c3cccc4oc5c6ccccc6ccc5c34)c([2H])c([2H])c([2H])c2c1[2H]. The summed E-state index contributed by atoms with van der Waals surface area (Å²) in [6, 6.07) is 36.3. The van der Waals surface area contributed by atoms with Crippen LogP contribution < -0.4 is 4.90 Å². The van der Waals surface area contributed by atoms with Crippen LogP contribution in [0.4, 0.5) is 17.1 Å². The first-order valence-electron chi connectivity index (χ1n) is 18.9. The molecule has 10 rings (SSSR count). The van der Waals surface area contributed by atoms with Crippen molar-refractivity contribution in [1.29, 1.82) is 0 Å². The Morgan fingerprint density at radius 2 is 1.21 bits per heavy atom. The summed E-state index contributed by atoms with van der Waals surface area (Å²) in [6.07, 6.45) is 0. The third kappa shape index (κ3) is 4.00. The van der Waals surface area contributed by atoms with Gasteiger partial charge in [-0.1, -0.05) is 109 Å². The van der Waals surface area contributed by atoms with E-state index in [9.17, 15) is 1.37 Å². The average molecular weight is 609 g/mol. The standard InChI is InChI=1S/C44H27NO2/c1-3-12-33-29(9-1)11-7-15-38(33)45(39-16-8-18-42-43(39)36-25-21-30-10-2-4-13-34(30)44(36)47-42)32-23-19-28(20-24-32)31-22-26-41-37(27-31)35-14-5-6-17-40(35)46-41/h1-27H/i1D,3D,7D,9D,11D,12D,15D. The van der Waals surface area contributed by atoms with Gasteiger partial charge in [0.25, 0.3) is 0 Å². The molecule has 0 aliphatic carbocycles. The predicted octanol–water partition coefficient (Wildman–Crippen LogP) is 12.9. The fourth-order valence-electron chi connectivity index (χ4n) is 6.79. The topological polar surface area (TPSA) is 29.5 Å². The molecule has 0 fully saturated rings. The molecule has 3 nitrogen and oxygen atoms in total. The minimum Gasteiger partial charge on any atom is -0.456 e. The lowest BCUT2D eigenvalue weighted by atomic mass is 10.0. The Labute approximate surface area is 280 Å². The van der Waals surface area contributed by atoms with Gasteiger partial charge in [-0.15, -0.1) is 0 Å². The molecule has 0 aliphatic heterocycles. The predicted molar refractivity (Wildman–Crippen MR) is 196 cm³/mol. The molecule has 2 heterocycles. The molecule has 0 N–H and O–H groups in total. The number of rotatable bonds is 4. The molecule has 0 atom stereocenters. The molecule has 0 amide bonds. The van der Waals surface area contributed by atoms with Gasteiger partial charge in [-0.05, 0) is 76.5 Å². The Balaban J connectivity index is 1.27. The molecule has 2 aromatic heterocycles. The van der Waals surface area contributed by atoms with Crippen LogP contribution in [0.25, 0.3) is 76.5 Å². The molecule has 8 aromatic carbocycles. The van der Waals surface area contributed by atoms with Gasteiger partial charge in [-0.3, -0.25) is 0 Å². The van der Waals surface area contributed by atoms with E-state index in [0.717, 1.165) is 54.6 Å². The molecular formula is C44H27NO2. The number of furan rings is 2. The van der Waals surface area contributed by atoms with Crippen molar-refractivity contribution in [3.05, 3.63) is 164 Å². The molecule has 10 aromatic rings. The van der Waals surface area contributed by atoms with Crippen molar-refractivity contribution in [3.8, 4) is 11.1 Å². The van der Waals surface area contributed by atoms with Gasteiger partial charge >= 0.3 is 0 Å². The number of nitrogens with zero attached hydrogens (tertiary/aromatic N) is 1. The zero-order valence-corrected chi connectivity index (χ0v) is 24.8. The van der Waals surface area contributed by atoms with Crippen LogP contribution in [0.3, 0.4) is 0 Å². The lowest BCUT2D eigenvalue weighted by Crippen LogP contribution is -2.10. The number of benzene rings is 8. The average Bonchev–Trinajstić information content (AvgIpc) is 3.78. The van der Waals surface area contributed by atoms with Gasteiger partial charge < -0.3 is 13.7 Å². The lowest BCUT2D eigenvalue weighted by Gasteiger charge is -2.27. The van der Waals surface area contributed by atoms with Crippen LogP contribution in [0.15, 0.2) is 172 Å². The van der Waals surface area contributed by atoms with Crippen molar-refractivity contribution in [2.75, 3.05) is 4.90 Å². The van der Waals surface area contributed by atoms with E-state index in [1.807, 2.05) is 115 Å². The van der Waals surface area contributed by atoms with Crippen molar-refractivity contribution < 1.29 is 18.4 Å². The van der Waals surface area contributed by atoms with E-state index < -0.39 is 30.2 Å². The lowest BCUT2D eigenvalue weighted by molar-refractivity contribution is 0.669. The maximum Gasteiger partial charge on any atom is 0.143 e. The maximum atomic E-state index is 9.35. The first-order valence-corrected chi connectivity index (χ1v) is 15.4. The summed E-state index contributed by atoms with van der Waals surface area (Å²) >= 11 is 0. The van der Waals surface area contributed by atoms with E-state index in [0.29, 0.717) is 22.5 Å². The largest absolute Gasteiger partial charge is 0.456 e. The van der Waals surface area contributed by atoms with Gasteiger partial charge in [-0.25, -0.2) is 0 Å². The van der Waals surface area contributed by atoms with Gasteiger partial charge in [0.2, 0.25) is 0 Å². The highest BCUT2D eigenvalue weighted by atomic mass is 16.3. The Bertz CT molecular complexity index is 3200. The first-order chi connectivity index (χ1) is 26.2. The second-order valence-electron chi connectivity index (χ2n) is 11.6. The quantitative estimate of drug-likeness (QED) is 0.199. The molecule has 0 saturated carbocycles. The van der Waals surface area contributed by atoms with E-state index in [1.165, 1.54) is 0 Å². The highest BCUT2D eigenvalue weighted by molar-refractivity contribution is 6.20. The highest BCUT2D eigenvalue weighted by Gasteiger charge is 2.21. The van der Waals surface area contributed by atoms with Crippen molar-refractivity contribution >= 4 is 82.5 Å². The Morgan fingerprint density at radius 1 is 0.447 bits per heavy atom. The number of hydrogen-bond acceptors (Lipinski definition) is 3. The van der Waals surface area contributed by atoms with Crippen molar-refractivity contribution in [2.24, 2.45) is 0 Å². The Morgan fingerprint density at radius 3 is 2.15 bits per heavy atom. The van der Waals surface area contributed by atoms with E-state index in [-0.39, 0.29) is 28.5 Å². The molecule has 0 bridgehead atoms. The zero-order chi connectivity index (χ0) is 37.0. The number of hydrogen-bond donors (Lipinski definition) is 0. The Hall–Kier alpha value is -6.32. The molecule has 0 spiro atoms. The van der Waals surface area contributed by atoms with E-state index in [1.54, 1.807) is 4.90 Å². The van der Waals surface area contributed by atoms with E-state index in [2.05, 4.69) is 6.07 Å². The minimum absolute atomic E-state index is 0.0105. The van der Waals surface area contributed by atoms with Gasteiger partial charge in [-0.2, -0.15) is 0 Å². The van der Waals surface area contributed by atoms with Crippen LogP contribution in [-0.2, 0) is 0 Å². The Kier molecular flexibility index (Phi) is 4.28. The summed E-state index contributed by atoms with van der Waals surface area (Å²) in [5.41, 5.74) is 6.00. The third-order valence-corrected chi connectivity index (χ3v) is 8.96. The van der Waals surface area contributed by atoms with E-state index >= 15 is 0 Å². The molecule has 0 saturated heterocycles. The molecule has 47 heavy (non-hydrogen) atoms. The van der Waals surface area contributed by atoms with Gasteiger partial charge in [0.15, 0.2) is 0 Å². The fraction of sp³-hybridized carbons (Fsp3) is 0. The molecule has 0 radical (unpaired) electrons. The summed E-state index contributed by atoms with van der Waals surface area (Å²) in [5.74, 6) is 0. The second kappa shape index (κ2) is 10.1. The van der Waals surface area contributed by atoms with Crippen LogP contribution in [0.2, 0.25) is 0 Å². The number of anilines is 3. The van der Waals surface area contributed by atoms with E-state index in [4.69, 9.17) is 17.1 Å². The van der Waals surface area contributed by atoms with Crippen LogP contribution >= 0.6 is 0 Å². The van der Waals surface area contributed by atoms with Crippen LogP contribution in [-0.4, -0.2) is 0 Å². The smallest absolute Gasteiger partial charge is 0.143 e. The highest BCUT2D eigenvalue weighted by Crippen LogP contribution is 2.46. The molecule has 3 heteroatoms. The third-order valence-electron chi connectivity index (χ3n) is 8.96. The van der Waals surface area contributed by atoms with Gasteiger partial charge in [0.1, 0.15) is 22.3 Å². The van der Waals surface area contributed by atoms with Crippen LogP contribution in [0.5, 0.6) is 0 Å². The summed E-state index contributed by atoms with van der Waals surface area (Å²) < 4.78 is 74.5. The van der Waals surface area contributed by atoms with Crippen LogP contribution in [0.1, 0.15) is 9.60 Å². The molecule has 0 unspecified atom stereocenters. The summed E-state index contributed by atoms with van der Waals surface area (Å²) in [7, 11) is 0. The number of para-hydroxylation sites is 1. The normalized spacial score (nSPS) is 13.9. The molecular weight excluding hydrogens is 574 g/mol. The fourth-order valence-corrected chi connectivity index (χ4v) is 6.79. The van der Waals surface area contributed by atoms with Gasteiger partial charge in [0.05, 0.1) is 26.4 Å². The van der Waals surface area contributed by atoms with Crippen molar-refractivity contribution in [1.82, 2.24) is 0 Å². The van der Waals surface area contributed by atoms with Gasteiger partial charge in [0, 0.05) is 32.6 Å². The summed E-state index contributed by atoms with van der Waals surface area (Å²) in [5, 5.41) is 5.39. The van der Waals surface area contributed by atoms with Crippen molar-refractivity contribution in [2.45, 2.75) is 0 Å². The maximum absolute atomic E-state index is 9.35. The summed E-state index contributed by atoms with van der Waals surface area (Å²) in [6.45, 7) is 0.